The molecule has 25 heavy (non-hydrogen) atoms. The number of nitrogens with zero attached hydrogens (tertiary/aromatic N) is 1. The van der Waals surface area contributed by atoms with Gasteiger partial charge in [0.25, 0.3) is 0 Å². The molecule has 4 rings (SSSR count). The van der Waals surface area contributed by atoms with Gasteiger partial charge in [0.05, 0.1) is 0 Å². The first kappa shape index (κ1) is 16.3. The Morgan fingerprint density at radius 1 is 1.20 bits per heavy atom. The van der Waals surface area contributed by atoms with Crippen LogP contribution in [-0.2, 0) is 11.3 Å². The summed E-state index contributed by atoms with van der Waals surface area (Å²) in [6.45, 7) is 3.51. The Morgan fingerprint density at radius 2 is 2.04 bits per heavy atom. The van der Waals surface area contributed by atoms with E-state index in [-0.39, 0.29) is 11.3 Å². The molecular weight excluding hydrogens is 314 g/mol. The summed E-state index contributed by atoms with van der Waals surface area (Å²) in [5.74, 6) is 1.36. The van der Waals surface area contributed by atoms with E-state index in [0.717, 1.165) is 49.2 Å². The highest BCUT2D eigenvalue weighted by Crippen LogP contribution is 2.32. The summed E-state index contributed by atoms with van der Waals surface area (Å²) in [5.41, 5.74) is 1.93. The molecule has 1 saturated heterocycles. The molecule has 1 aromatic heterocycles. The van der Waals surface area contributed by atoms with Crippen LogP contribution in [0.25, 0.3) is 10.9 Å². The van der Waals surface area contributed by atoms with Gasteiger partial charge in [-0.25, -0.2) is 0 Å². The van der Waals surface area contributed by atoms with Crippen LogP contribution in [0.2, 0.25) is 0 Å². The first-order valence-corrected chi connectivity index (χ1v) is 9.27. The Balaban J connectivity index is 1.31. The van der Waals surface area contributed by atoms with Crippen LogP contribution in [0, 0.1) is 11.8 Å². The van der Waals surface area contributed by atoms with Crippen LogP contribution >= 0.6 is 0 Å². The van der Waals surface area contributed by atoms with E-state index in [9.17, 15) is 9.59 Å². The number of carbonyl (C=O) groups is 1. The first-order valence-electron chi connectivity index (χ1n) is 9.27. The van der Waals surface area contributed by atoms with Gasteiger partial charge in [-0.05, 0) is 49.8 Å². The summed E-state index contributed by atoms with van der Waals surface area (Å²) < 4.78 is 0. The van der Waals surface area contributed by atoms with Crippen LogP contribution in [0.5, 0.6) is 0 Å². The van der Waals surface area contributed by atoms with E-state index in [2.05, 4.69) is 15.2 Å². The molecule has 1 atom stereocenters. The van der Waals surface area contributed by atoms with Crippen molar-refractivity contribution in [3.8, 4) is 0 Å². The number of rotatable bonds is 6. The third-order valence-corrected chi connectivity index (χ3v) is 5.32. The average molecular weight is 339 g/mol. The van der Waals surface area contributed by atoms with Gasteiger partial charge in [-0.1, -0.05) is 12.1 Å². The second-order valence-electron chi connectivity index (χ2n) is 7.55. The van der Waals surface area contributed by atoms with Crippen molar-refractivity contribution in [2.45, 2.75) is 32.2 Å². The van der Waals surface area contributed by atoms with Crippen molar-refractivity contribution in [3.63, 3.8) is 0 Å². The Labute approximate surface area is 147 Å². The molecule has 2 aliphatic rings. The fourth-order valence-electron chi connectivity index (χ4n) is 3.72. The summed E-state index contributed by atoms with van der Waals surface area (Å²) in [5, 5.41) is 3.83. The Morgan fingerprint density at radius 3 is 2.88 bits per heavy atom. The van der Waals surface area contributed by atoms with Gasteiger partial charge >= 0.3 is 0 Å². The molecule has 0 bridgehead atoms. The lowest BCUT2D eigenvalue weighted by Crippen LogP contribution is -2.31. The summed E-state index contributed by atoms with van der Waals surface area (Å²) in [4.78, 5) is 29.8. The Hall–Kier alpha value is -2.14. The molecule has 132 valence electrons. The van der Waals surface area contributed by atoms with E-state index in [0.29, 0.717) is 18.3 Å². The van der Waals surface area contributed by atoms with Crippen LogP contribution < -0.4 is 10.7 Å². The molecule has 2 fully saturated rings. The number of likely N-dealkylation sites (tertiary alicyclic amines) is 1. The molecule has 0 spiro atoms. The zero-order chi connectivity index (χ0) is 17.2. The van der Waals surface area contributed by atoms with Crippen LogP contribution in [0.1, 0.15) is 31.4 Å². The predicted octanol–water partition coefficient (Wildman–Crippen LogP) is 2.27. The maximum atomic E-state index is 12.2. The second-order valence-corrected chi connectivity index (χ2v) is 7.55. The maximum Gasteiger partial charge on any atom is 0.220 e. The minimum Gasteiger partial charge on any atom is -0.357 e. The van der Waals surface area contributed by atoms with E-state index >= 15 is 0 Å². The van der Waals surface area contributed by atoms with E-state index < -0.39 is 0 Å². The molecule has 1 aliphatic carbocycles. The molecule has 5 heteroatoms. The molecule has 0 radical (unpaired) electrons. The number of nitrogens with one attached hydrogen (secondary N) is 2. The van der Waals surface area contributed by atoms with Crippen molar-refractivity contribution in [1.82, 2.24) is 15.2 Å². The van der Waals surface area contributed by atoms with E-state index in [1.54, 1.807) is 6.07 Å². The number of hydrogen-bond acceptors (Lipinski definition) is 3. The zero-order valence-corrected chi connectivity index (χ0v) is 14.5. The number of aromatic amines is 1. The maximum absolute atomic E-state index is 12.2. The van der Waals surface area contributed by atoms with E-state index in [1.807, 2.05) is 24.3 Å². The fraction of sp³-hybridized carbons (Fsp3) is 0.500. The van der Waals surface area contributed by atoms with Crippen molar-refractivity contribution in [3.05, 3.63) is 46.2 Å². The smallest absolute Gasteiger partial charge is 0.220 e. The van der Waals surface area contributed by atoms with Gasteiger partial charge in [0.1, 0.15) is 0 Å². The number of amides is 1. The largest absolute Gasteiger partial charge is 0.357 e. The van der Waals surface area contributed by atoms with Gasteiger partial charge in [-0.3, -0.25) is 14.5 Å². The van der Waals surface area contributed by atoms with E-state index in [4.69, 9.17) is 0 Å². The van der Waals surface area contributed by atoms with Crippen LogP contribution in [0.3, 0.4) is 0 Å². The van der Waals surface area contributed by atoms with Gasteiger partial charge in [0.2, 0.25) is 5.91 Å². The monoisotopic (exact) mass is 339 g/mol. The van der Waals surface area contributed by atoms with Gasteiger partial charge in [-0.15, -0.1) is 0 Å². The first-order chi connectivity index (χ1) is 12.2. The molecular formula is C20H25N3O2. The third-order valence-electron chi connectivity index (χ3n) is 5.32. The highest BCUT2D eigenvalue weighted by Gasteiger charge is 2.26. The number of fused-ring (bicyclic) bond motifs is 1. The fourth-order valence-corrected chi connectivity index (χ4v) is 3.72. The highest BCUT2D eigenvalue weighted by molar-refractivity contribution is 5.78. The number of benzene rings is 1. The summed E-state index contributed by atoms with van der Waals surface area (Å²) in [7, 11) is 0. The van der Waals surface area contributed by atoms with Crippen LogP contribution in [-0.4, -0.2) is 35.4 Å². The lowest BCUT2D eigenvalue weighted by Gasteiger charge is -2.16. The van der Waals surface area contributed by atoms with Crippen LogP contribution in [0.4, 0.5) is 0 Å². The number of H-pyrrole nitrogens is 1. The van der Waals surface area contributed by atoms with Gasteiger partial charge in [0, 0.05) is 48.7 Å². The van der Waals surface area contributed by atoms with Crippen LogP contribution in [0.15, 0.2) is 35.1 Å². The SMILES string of the molecule is O=C(CC1CC1)NC[C@H]1CCN(Cc2cc(=O)c3ccccc3[nH]2)C1. The topological polar surface area (TPSA) is 65.2 Å². The lowest BCUT2D eigenvalue weighted by atomic mass is 10.1. The molecule has 5 nitrogen and oxygen atoms in total. The standard InChI is InChI=1S/C20H25N3O2/c24-19-10-16(22-18-4-2-1-3-17(18)19)13-23-8-7-15(12-23)11-21-20(25)9-14-5-6-14/h1-4,10,14-15H,5-9,11-13H2,(H,21,25)(H,22,24)/t15-/m1/s1. The third kappa shape index (κ3) is 4.10. The van der Waals surface area contributed by atoms with Crippen molar-refractivity contribution in [2.75, 3.05) is 19.6 Å². The number of para-hydroxylation sites is 1. The minimum atomic E-state index is 0.0763. The quantitative estimate of drug-likeness (QED) is 0.848. The molecule has 2 heterocycles. The Bertz CT molecular complexity index is 825. The van der Waals surface area contributed by atoms with Gasteiger partial charge in [0.15, 0.2) is 5.43 Å². The Kier molecular flexibility index (Phi) is 4.57. The minimum absolute atomic E-state index is 0.0763. The number of carbonyl (C=O) groups excluding carboxylic acids is 1. The normalized spacial score (nSPS) is 20.9. The summed E-state index contributed by atoms with van der Waals surface area (Å²) in [6.07, 6.45) is 4.24. The summed E-state index contributed by atoms with van der Waals surface area (Å²) >= 11 is 0. The highest BCUT2D eigenvalue weighted by atomic mass is 16.1. The molecule has 1 aromatic carbocycles. The lowest BCUT2D eigenvalue weighted by molar-refractivity contribution is -0.121. The van der Waals surface area contributed by atoms with Crippen molar-refractivity contribution < 1.29 is 4.79 Å². The van der Waals surface area contributed by atoms with Crippen molar-refractivity contribution in [1.29, 1.82) is 0 Å². The predicted molar refractivity (Wildman–Crippen MR) is 98.3 cm³/mol. The number of pyridine rings is 1. The van der Waals surface area contributed by atoms with Crippen molar-refractivity contribution >= 4 is 16.8 Å². The molecule has 1 amide bonds. The molecule has 1 aliphatic heterocycles. The molecule has 0 unspecified atom stereocenters. The number of aromatic nitrogens is 1. The zero-order valence-electron chi connectivity index (χ0n) is 14.5. The molecule has 2 aromatic rings. The summed E-state index contributed by atoms with van der Waals surface area (Å²) in [6, 6.07) is 9.35. The molecule has 2 N–H and O–H groups in total. The van der Waals surface area contributed by atoms with E-state index in [1.165, 1.54) is 12.8 Å². The molecule has 1 saturated carbocycles. The van der Waals surface area contributed by atoms with Gasteiger partial charge < -0.3 is 10.3 Å². The second kappa shape index (κ2) is 7.00. The van der Waals surface area contributed by atoms with Gasteiger partial charge in [-0.2, -0.15) is 0 Å². The average Bonchev–Trinajstić information content (AvgIpc) is 3.30. The number of hydrogen-bond donors (Lipinski definition) is 2. The van der Waals surface area contributed by atoms with Crippen molar-refractivity contribution in [2.24, 2.45) is 11.8 Å².